The second kappa shape index (κ2) is 6.86. The van der Waals surface area contributed by atoms with Crippen molar-refractivity contribution in [2.75, 3.05) is 0 Å². The molecule has 0 aliphatic heterocycles. The molecule has 0 bridgehead atoms. The molecule has 0 aromatic rings. The molecule has 2 nitrogen and oxygen atoms in total. The molecule has 0 fully saturated rings. The number of amides is 1. The van der Waals surface area contributed by atoms with Crippen molar-refractivity contribution in [3.8, 4) is 0 Å². The molecule has 0 saturated heterocycles. The van der Waals surface area contributed by atoms with Gasteiger partial charge in [-0.2, -0.15) is 0 Å². The van der Waals surface area contributed by atoms with E-state index >= 15 is 0 Å². The van der Waals surface area contributed by atoms with Gasteiger partial charge in [-0.25, -0.2) is 0 Å². The largest absolute Gasteiger partial charge is 0.339 e. The van der Waals surface area contributed by atoms with E-state index in [0.717, 1.165) is 19.3 Å². The minimum atomic E-state index is 0.384. The normalized spacial score (nSPS) is 15.5. The summed E-state index contributed by atoms with van der Waals surface area (Å²) < 4.78 is 0. The van der Waals surface area contributed by atoms with Crippen LogP contribution in [0.2, 0.25) is 0 Å². The third kappa shape index (κ3) is 3.84. The van der Waals surface area contributed by atoms with Crippen LogP contribution in [0.1, 0.15) is 54.4 Å². The molecule has 0 radical (unpaired) electrons. The van der Waals surface area contributed by atoms with E-state index in [9.17, 15) is 4.79 Å². The molecule has 0 rings (SSSR count). The highest BCUT2D eigenvalue weighted by atomic mass is 16.1. The summed E-state index contributed by atoms with van der Waals surface area (Å²) in [5.41, 5.74) is 0. The van der Waals surface area contributed by atoms with Crippen LogP contribution in [0.15, 0.2) is 0 Å². The Labute approximate surface area is 95.0 Å². The number of carbonyl (C=O) groups is 1. The number of nitrogens with zero attached hydrogens (tertiary/aromatic N) is 1. The van der Waals surface area contributed by atoms with E-state index < -0.39 is 0 Å². The first-order chi connectivity index (χ1) is 6.99. The molecule has 0 aliphatic carbocycles. The molecule has 0 N–H and O–H groups in total. The number of hydrogen-bond donors (Lipinski definition) is 0. The van der Waals surface area contributed by atoms with E-state index in [1.807, 2.05) is 4.90 Å². The van der Waals surface area contributed by atoms with Crippen molar-refractivity contribution in [3.63, 3.8) is 0 Å². The summed E-state index contributed by atoms with van der Waals surface area (Å²) in [5, 5.41) is 0. The van der Waals surface area contributed by atoms with Gasteiger partial charge in [-0.1, -0.05) is 41.5 Å². The van der Waals surface area contributed by atoms with Crippen LogP contribution in [0, 0.1) is 11.8 Å². The fourth-order valence-electron chi connectivity index (χ4n) is 2.46. The van der Waals surface area contributed by atoms with E-state index in [1.165, 1.54) is 0 Å². The molecule has 0 aromatic heterocycles. The van der Waals surface area contributed by atoms with Gasteiger partial charge in [-0.3, -0.25) is 4.79 Å². The first-order valence-electron chi connectivity index (χ1n) is 6.22. The summed E-state index contributed by atoms with van der Waals surface area (Å²) in [6.45, 7) is 13.1. The Morgan fingerprint density at radius 2 is 1.27 bits per heavy atom. The topological polar surface area (TPSA) is 20.3 Å². The summed E-state index contributed by atoms with van der Waals surface area (Å²) in [7, 11) is 0. The minimum Gasteiger partial charge on any atom is -0.339 e. The highest BCUT2D eigenvalue weighted by Crippen LogP contribution is 2.21. The average molecular weight is 213 g/mol. The second-order valence-corrected chi connectivity index (χ2v) is 4.99. The monoisotopic (exact) mass is 213 g/mol. The van der Waals surface area contributed by atoms with Crippen molar-refractivity contribution in [1.82, 2.24) is 4.90 Å². The zero-order valence-corrected chi connectivity index (χ0v) is 11.2. The molecule has 2 atom stereocenters. The maximum Gasteiger partial charge on any atom is 0.210 e. The van der Waals surface area contributed by atoms with Crippen LogP contribution in [-0.4, -0.2) is 23.4 Å². The predicted octanol–water partition coefficient (Wildman–Crippen LogP) is 3.31. The Morgan fingerprint density at radius 3 is 1.40 bits per heavy atom. The lowest BCUT2D eigenvalue weighted by atomic mass is 9.93. The van der Waals surface area contributed by atoms with Crippen LogP contribution >= 0.6 is 0 Å². The molecule has 1 amide bonds. The Morgan fingerprint density at radius 1 is 0.933 bits per heavy atom. The lowest BCUT2D eigenvalue weighted by Gasteiger charge is -2.38. The van der Waals surface area contributed by atoms with Gasteiger partial charge in [0.15, 0.2) is 0 Å². The van der Waals surface area contributed by atoms with Gasteiger partial charge < -0.3 is 4.90 Å². The van der Waals surface area contributed by atoms with E-state index in [2.05, 4.69) is 41.5 Å². The van der Waals surface area contributed by atoms with Crippen LogP contribution < -0.4 is 0 Å². The third-order valence-corrected chi connectivity index (χ3v) is 3.26. The summed E-state index contributed by atoms with van der Waals surface area (Å²) in [5.74, 6) is 1.07. The molecule has 0 saturated carbocycles. The van der Waals surface area contributed by atoms with E-state index in [0.29, 0.717) is 23.9 Å². The zero-order valence-electron chi connectivity index (χ0n) is 11.2. The molecular weight excluding hydrogens is 186 g/mol. The zero-order chi connectivity index (χ0) is 12.0. The summed E-state index contributed by atoms with van der Waals surface area (Å²) in [6, 6.07) is 0.768. The molecule has 2 heteroatoms. The Kier molecular flexibility index (Phi) is 6.62. The smallest absolute Gasteiger partial charge is 0.210 e. The highest BCUT2D eigenvalue weighted by Gasteiger charge is 2.26. The van der Waals surface area contributed by atoms with Gasteiger partial charge in [0.25, 0.3) is 0 Å². The molecular formula is C13H27NO. The van der Waals surface area contributed by atoms with Crippen molar-refractivity contribution in [3.05, 3.63) is 0 Å². The first-order valence-corrected chi connectivity index (χ1v) is 6.22. The minimum absolute atomic E-state index is 0.384. The van der Waals surface area contributed by atoms with Gasteiger partial charge in [-0.05, 0) is 24.7 Å². The quantitative estimate of drug-likeness (QED) is 0.594. The predicted molar refractivity (Wildman–Crippen MR) is 65.7 cm³/mol. The van der Waals surface area contributed by atoms with Crippen molar-refractivity contribution < 1.29 is 4.79 Å². The van der Waals surface area contributed by atoms with E-state index in [-0.39, 0.29) is 0 Å². The van der Waals surface area contributed by atoms with Crippen molar-refractivity contribution in [1.29, 1.82) is 0 Å². The molecule has 0 aliphatic rings. The number of rotatable bonds is 7. The van der Waals surface area contributed by atoms with Crippen molar-refractivity contribution in [2.45, 2.75) is 66.5 Å². The molecule has 0 spiro atoms. The molecule has 90 valence electrons. The van der Waals surface area contributed by atoms with Gasteiger partial charge in [0, 0.05) is 12.1 Å². The van der Waals surface area contributed by atoms with Crippen molar-refractivity contribution >= 4 is 6.41 Å². The third-order valence-electron chi connectivity index (χ3n) is 3.26. The molecule has 15 heavy (non-hydrogen) atoms. The standard InChI is InChI=1S/C13H27NO/c1-7-12(10(3)4)14(9-15)13(8-2)11(5)6/h9-13H,7-8H2,1-6H3. The lowest BCUT2D eigenvalue weighted by Crippen LogP contribution is -2.46. The summed E-state index contributed by atoms with van der Waals surface area (Å²) >= 11 is 0. The first kappa shape index (κ1) is 14.5. The van der Waals surface area contributed by atoms with Crippen LogP contribution in [-0.2, 0) is 4.79 Å². The maximum absolute atomic E-state index is 11.2. The van der Waals surface area contributed by atoms with Crippen molar-refractivity contribution in [2.24, 2.45) is 11.8 Å². The average Bonchev–Trinajstić information content (AvgIpc) is 2.16. The summed E-state index contributed by atoms with van der Waals surface area (Å²) in [6.07, 6.45) is 3.13. The van der Waals surface area contributed by atoms with Crippen LogP contribution in [0.5, 0.6) is 0 Å². The van der Waals surface area contributed by atoms with Gasteiger partial charge in [0.2, 0.25) is 6.41 Å². The number of hydrogen-bond acceptors (Lipinski definition) is 1. The van der Waals surface area contributed by atoms with Gasteiger partial charge in [0.1, 0.15) is 0 Å². The SMILES string of the molecule is CCC(C(C)C)N(C=O)C(CC)C(C)C. The molecule has 0 heterocycles. The van der Waals surface area contributed by atoms with Gasteiger partial charge in [0.05, 0.1) is 0 Å². The van der Waals surface area contributed by atoms with Gasteiger partial charge in [-0.15, -0.1) is 0 Å². The molecule has 0 aromatic carbocycles. The Balaban J connectivity index is 4.76. The van der Waals surface area contributed by atoms with Gasteiger partial charge >= 0.3 is 0 Å². The summed E-state index contributed by atoms with van der Waals surface area (Å²) in [4.78, 5) is 13.3. The Hall–Kier alpha value is -0.530. The lowest BCUT2D eigenvalue weighted by molar-refractivity contribution is -0.125. The fraction of sp³-hybridized carbons (Fsp3) is 0.923. The van der Waals surface area contributed by atoms with Crippen LogP contribution in [0.4, 0.5) is 0 Å². The fourth-order valence-corrected chi connectivity index (χ4v) is 2.46. The highest BCUT2D eigenvalue weighted by molar-refractivity contribution is 5.48. The number of carbonyl (C=O) groups excluding carboxylic acids is 1. The van der Waals surface area contributed by atoms with E-state index in [1.54, 1.807) is 0 Å². The van der Waals surface area contributed by atoms with Crippen LogP contribution in [0.3, 0.4) is 0 Å². The van der Waals surface area contributed by atoms with Crippen LogP contribution in [0.25, 0.3) is 0 Å². The second-order valence-electron chi connectivity index (χ2n) is 4.99. The van der Waals surface area contributed by atoms with E-state index in [4.69, 9.17) is 0 Å². The molecule has 2 unspecified atom stereocenters. The maximum atomic E-state index is 11.2. The Bertz CT molecular complexity index is 161.